The van der Waals surface area contributed by atoms with Gasteiger partial charge in [-0.05, 0) is 17.7 Å². The average Bonchev–Trinajstić information content (AvgIpc) is 2.28. The number of Topliss-reactive ketones (excluding diaryl/α,β-unsaturated/α-hetero) is 1. The van der Waals surface area contributed by atoms with Crippen LogP contribution in [0.5, 0.6) is 0 Å². The van der Waals surface area contributed by atoms with Crippen molar-refractivity contribution in [2.45, 2.75) is 25.9 Å². The van der Waals surface area contributed by atoms with E-state index in [1.54, 1.807) is 6.92 Å². The van der Waals surface area contributed by atoms with Crippen LogP contribution in [0.1, 0.15) is 31.4 Å². The summed E-state index contributed by atoms with van der Waals surface area (Å²) in [4.78, 5) is 21.0. The summed E-state index contributed by atoms with van der Waals surface area (Å²) < 4.78 is 0. The third-order valence-corrected chi connectivity index (χ3v) is 2.30. The van der Waals surface area contributed by atoms with Crippen molar-refractivity contribution in [2.75, 3.05) is 0 Å². The van der Waals surface area contributed by atoms with Gasteiger partial charge in [0, 0.05) is 25.0 Å². The van der Waals surface area contributed by atoms with Gasteiger partial charge < -0.3 is 5.11 Å². The molecule has 0 saturated carbocycles. The van der Waals surface area contributed by atoms with Crippen molar-refractivity contribution in [3.8, 4) is 0 Å². The van der Waals surface area contributed by atoms with E-state index in [-0.39, 0.29) is 17.9 Å². The molecule has 1 aromatic rings. The maximum absolute atomic E-state index is 11.1. The number of rotatable bonds is 5. The molecule has 0 fully saturated rings. The number of nitrogens with zero attached hydrogens (tertiary/aromatic N) is 1. The number of carbonyl (C=O) groups excluding carboxylic acids is 1. The molecule has 16 heavy (non-hydrogen) atoms. The quantitative estimate of drug-likeness (QED) is 0.611. The number of ketones is 1. The van der Waals surface area contributed by atoms with Crippen LogP contribution in [-0.4, -0.2) is 15.8 Å². The number of nitro benzene ring substituents is 1. The van der Waals surface area contributed by atoms with E-state index >= 15 is 0 Å². The van der Waals surface area contributed by atoms with Crippen molar-refractivity contribution in [1.29, 1.82) is 0 Å². The van der Waals surface area contributed by atoms with Gasteiger partial charge in [0.15, 0.2) is 0 Å². The molecular weight excluding hydrogens is 210 g/mol. The lowest BCUT2D eigenvalue weighted by Crippen LogP contribution is -2.05. The van der Waals surface area contributed by atoms with E-state index in [1.165, 1.54) is 24.3 Å². The Morgan fingerprint density at radius 3 is 2.44 bits per heavy atom. The normalized spacial score (nSPS) is 12.1. The summed E-state index contributed by atoms with van der Waals surface area (Å²) in [6, 6.07) is 5.56. The highest BCUT2D eigenvalue weighted by atomic mass is 16.6. The summed E-state index contributed by atoms with van der Waals surface area (Å²) in [7, 11) is 0. The van der Waals surface area contributed by atoms with Crippen molar-refractivity contribution in [2.24, 2.45) is 0 Å². The highest BCUT2D eigenvalue weighted by molar-refractivity contribution is 5.78. The van der Waals surface area contributed by atoms with Crippen molar-refractivity contribution < 1.29 is 14.8 Å². The molecule has 86 valence electrons. The van der Waals surface area contributed by atoms with E-state index in [0.717, 1.165) is 0 Å². The number of nitro groups is 1. The number of carbonyl (C=O) groups is 1. The van der Waals surface area contributed by atoms with E-state index in [2.05, 4.69) is 0 Å². The van der Waals surface area contributed by atoms with Gasteiger partial charge in [0.05, 0.1) is 11.0 Å². The molecule has 0 radical (unpaired) electrons. The molecule has 5 nitrogen and oxygen atoms in total. The Labute approximate surface area is 92.9 Å². The Morgan fingerprint density at radius 2 is 2.00 bits per heavy atom. The molecule has 0 saturated heterocycles. The molecule has 0 unspecified atom stereocenters. The predicted molar refractivity (Wildman–Crippen MR) is 58.0 cm³/mol. The van der Waals surface area contributed by atoms with Gasteiger partial charge in [-0.2, -0.15) is 0 Å². The van der Waals surface area contributed by atoms with Crippen LogP contribution in [0.4, 0.5) is 5.69 Å². The van der Waals surface area contributed by atoms with Gasteiger partial charge in [-0.25, -0.2) is 0 Å². The fraction of sp³-hybridized carbons (Fsp3) is 0.364. The second-order valence-electron chi connectivity index (χ2n) is 3.46. The number of non-ortho nitro benzene ring substituents is 1. The van der Waals surface area contributed by atoms with E-state index in [4.69, 9.17) is 0 Å². The molecule has 0 aliphatic carbocycles. The minimum absolute atomic E-state index is 0.0298. The fourth-order valence-corrected chi connectivity index (χ4v) is 1.30. The Kier molecular flexibility index (Phi) is 4.13. The first-order chi connectivity index (χ1) is 7.54. The summed E-state index contributed by atoms with van der Waals surface area (Å²) in [6.07, 6.45) is -0.452. The smallest absolute Gasteiger partial charge is 0.269 e. The molecule has 1 N–H and O–H groups in total. The molecule has 1 rings (SSSR count). The van der Waals surface area contributed by atoms with Crippen molar-refractivity contribution >= 4 is 11.5 Å². The van der Waals surface area contributed by atoms with Crippen LogP contribution in [0.15, 0.2) is 24.3 Å². The largest absolute Gasteiger partial charge is 0.388 e. The molecule has 0 amide bonds. The molecule has 1 atom stereocenters. The van der Waals surface area contributed by atoms with Crippen molar-refractivity contribution in [3.63, 3.8) is 0 Å². The minimum Gasteiger partial charge on any atom is -0.388 e. The van der Waals surface area contributed by atoms with Crippen LogP contribution < -0.4 is 0 Å². The van der Waals surface area contributed by atoms with Gasteiger partial charge in [-0.15, -0.1) is 0 Å². The summed E-state index contributed by atoms with van der Waals surface area (Å²) in [5.74, 6) is -0.0362. The van der Waals surface area contributed by atoms with Crippen molar-refractivity contribution in [1.82, 2.24) is 0 Å². The van der Waals surface area contributed by atoms with Crippen LogP contribution in [0.3, 0.4) is 0 Å². The molecule has 1 aromatic carbocycles. The molecule has 0 aliphatic rings. The molecule has 0 heterocycles. The topological polar surface area (TPSA) is 80.4 Å². The number of aliphatic hydroxyl groups excluding tert-OH is 1. The first-order valence-corrected chi connectivity index (χ1v) is 4.98. The standard InChI is InChI=1S/C11H13NO4/c1-2-10(13)7-11(14)8-3-5-9(6-4-8)12(15)16/h3-6,11,14H,2,7H2,1H3/t11-/m0/s1. The molecule has 5 heteroatoms. The third kappa shape index (κ3) is 3.13. The maximum Gasteiger partial charge on any atom is 0.269 e. The first kappa shape index (κ1) is 12.3. The lowest BCUT2D eigenvalue weighted by Gasteiger charge is -2.08. The summed E-state index contributed by atoms with van der Waals surface area (Å²) in [6.45, 7) is 1.73. The van der Waals surface area contributed by atoms with Crippen LogP contribution in [0.25, 0.3) is 0 Å². The lowest BCUT2D eigenvalue weighted by atomic mass is 10.0. The zero-order chi connectivity index (χ0) is 12.1. The van der Waals surface area contributed by atoms with Gasteiger partial charge in [0.2, 0.25) is 0 Å². The predicted octanol–water partition coefficient (Wildman–Crippen LogP) is 2.00. The molecular formula is C11H13NO4. The number of hydrogen-bond acceptors (Lipinski definition) is 4. The molecule has 0 aliphatic heterocycles. The molecule has 0 aromatic heterocycles. The highest BCUT2D eigenvalue weighted by Crippen LogP contribution is 2.20. The van der Waals surface area contributed by atoms with Gasteiger partial charge in [-0.3, -0.25) is 14.9 Å². The van der Waals surface area contributed by atoms with Crippen molar-refractivity contribution in [3.05, 3.63) is 39.9 Å². The second-order valence-corrected chi connectivity index (χ2v) is 3.46. The number of hydrogen-bond donors (Lipinski definition) is 1. The first-order valence-electron chi connectivity index (χ1n) is 4.98. The monoisotopic (exact) mass is 223 g/mol. The van der Waals surface area contributed by atoms with Crippen LogP contribution in [-0.2, 0) is 4.79 Å². The van der Waals surface area contributed by atoms with Gasteiger partial charge >= 0.3 is 0 Å². The Morgan fingerprint density at radius 1 is 1.44 bits per heavy atom. The second kappa shape index (κ2) is 5.37. The van der Waals surface area contributed by atoms with E-state index in [9.17, 15) is 20.0 Å². The number of benzene rings is 1. The Balaban J connectivity index is 2.73. The van der Waals surface area contributed by atoms with Crippen LogP contribution in [0, 0.1) is 10.1 Å². The molecule has 0 bridgehead atoms. The Hall–Kier alpha value is -1.75. The number of aliphatic hydroxyl groups is 1. The zero-order valence-corrected chi connectivity index (χ0v) is 8.92. The summed E-state index contributed by atoms with van der Waals surface area (Å²) in [5, 5.41) is 20.1. The lowest BCUT2D eigenvalue weighted by molar-refractivity contribution is -0.384. The van der Waals surface area contributed by atoms with Gasteiger partial charge in [0.1, 0.15) is 5.78 Å². The van der Waals surface area contributed by atoms with E-state index < -0.39 is 11.0 Å². The van der Waals surface area contributed by atoms with Gasteiger partial charge in [0.25, 0.3) is 5.69 Å². The summed E-state index contributed by atoms with van der Waals surface area (Å²) >= 11 is 0. The molecule has 0 spiro atoms. The SMILES string of the molecule is CCC(=O)C[C@H](O)c1ccc([N+](=O)[O-])cc1. The zero-order valence-electron chi connectivity index (χ0n) is 8.92. The maximum atomic E-state index is 11.1. The Bertz CT molecular complexity index is 385. The van der Waals surface area contributed by atoms with E-state index in [0.29, 0.717) is 12.0 Å². The third-order valence-electron chi connectivity index (χ3n) is 2.30. The van der Waals surface area contributed by atoms with Crippen LogP contribution in [0.2, 0.25) is 0 Å². The average molecular weight is 223 g/mol. The summed E-state index contributed by atoms with van der Waals surface area (Å²) in [5.41, 5.74) is 0.491. The van der Waals surface area contributed by atoms with Crippen LogP contribution >= 0.6 is 0 Å². The highest BCUT2D eigenvalue weighted by Gasteiger charge is 2.13. The van der Waals surface area contributed by atoms with Gasteiger partial charge in [-0.1, -0.05) is 6.92 Å². The minimum atomic E-state index is -0.881. The fourth-order valence-electron chi connectivity index (χ4n) is 1.30. The van der Waals surface area contributed by atoms with E-state index in [1.807, 2.05) is 0 Å².